The minimum atomic E-state index is -0.189. The van der Waals surface area contributed by atoms with Gasteiger partial charge in [-0.3, -0.25) is 0 Å². The third-order valence-corrected chi connectivity index (χ3v) is 4.20. The summed E-state index contributed by atoms with van der Waals surface area (Å²) >= 11 is 0. The second-order valence-corrected chi connectivity index (χ2v) is 6.87. The average molecular weight is 285 g/mol. The molecule has 2 aliphatic rings. The van der Waals surface area contributed by atoms with E-state index in [0.717, 1.165) is 12.8 Å². The number of hydrogen-bond acceptors (Lipinski definition) is 4. The van der Waals surface area contributed by atoms with Gasteiger partial charge in [-0.2, -0.15) is 15.5 Å². The first-order chi connectivity index (χ1) is 9.33. The number of amides is 2. The van der Waals surface area contributed by atoms with Crippen LogP contribution in [0.1, 0.15) is 47.0 Å². The SMILES string of the molecule is CC1(C)CCCC(C)(C)N1ONC(=O)N1CCOCC1. The molecule has 6 heteroatoms. The van der Waals surface area contributed by atoms with Crippen LogP contribution >= 0.6 is 0 Å². The quantitative estimate of drug-likeness (QED) is 0.788. The van der Waals surface area contributed by atoms with Crippen LogP contribution in [0.3, 0.4) is 0 Å². The lowest BCUT2D eigenvalue weighted by Gasteiger charge is -2.50. The van der Waals surface area contributed by atoms with Crippen molar-refractivity contribution in [3.63, 3.8) is 0 Å². The van der Waals surface area contributed by atoms with Crippen LogP contribution in [-0.4, -0.2) is 53.4 Å². The molecule has 20 heavy (non-hydrogen) atoms. The van der Waals surface area contributed by atoms with Crippen molar-refractivity contribution >= 4 is 6.03 Å². The van der Waals surface area contributed by atoms with E-state index in [0.29, 0.717) is 26.3 Å². The molecule has 0 aromatic carbocycles. The molecule has 2 fully saturated rings. The zero-order chi connectivity index (χ0) is 14.8. The highest BCUT2D eigenvalue weighted by Gasteiger charge is 2.43. The van der Waals surface area contributed by atoms with Crippen molar-refractivity contribution in [3.8, 4) is 0 Å². The molecule has 2 rings (SSSR count). The van der Waals surface area contributed by atoms with Crippen molar-refractivity contribution < 1.29 is 14.5 Å². The molecular weight excluding hydrogens is 258 g/mol. The van der Waals surface area contributed by atoms with Gasteiger partial charge in [-0.05, 0) is 47.0 Å². The molecule has 0 aromatic heterocycles. The van der Waals surface area contributed by atoms with Gasteiger partial charge in [0.2, 0.25) is 0 Å². The van der Waals surface area contributed by atoms with E-state index < -0.39 is 0 Å². The summed E-state index contributed by atoms with van der Waals surface area (Å²) in [5, 5.41) is 1.93. The maximum Gasteiger partial charge on any atom is 0.343 e. The molecule has 2 heterocycles. The van der Waals surface area contributed by atoms with E-state index in [2.05, 4.69) is 33.2 Å². The summed E-state index contributed by atoms with van der Waals surface area (Å²) in [5.41, 5.74) is 2.42. The second-order valence-electron chi connectivity index (χ2n) is 6.87. The van der Waals surface area contributed by atoms with Gasteiger partial charge in [0.1, 0.15) is 0 Å². The molecular formula is C14H27N3O3. The highest BCUT2D eigenvalue weighted by Crippen LogP contribution is 2.37. The van der Waals surface area contributed by atoms with Crippen molar-refractivity contribution in [2.45, 2.75) is 58.0 Å². The fourth-order valence-electron chi connectivity index (χ4n) is 3.14. The predicted molar refractivity (Wildman–Crippen MR) is 75.9 cm³/mol. The van der Waals surface area contributed by atoms with Crippen molar-refractivity contribution in [2.24, 2.45) is 0 Å². The molecule has 0 radical (unpaired) electrons. The molecule has 0 atom stereocenters. The van der Waals surface area contributed by atoms with Crippen LogP contribution in [0.4, 0.5) is 4.79 Å². The van der Waals surface area contributed by atoms with E-state index in [-0.39, 0.29) is 17.1 Å². The summed E-state index contributed by atoms with van der Waals surface area (Å²) in [6.07, 6.45) is 3.30. The number of ether oxygens (including phenoxy) is 1. The Labute approximate surface area is 121 Å². The molecule has 0 bridgehead atoms. The van der Waals surface area contributed by atoms with Gasteiger partial charge in [0.05, 0.1) is 13.2 Å². The number of hydrogen-bond donors (Lipinski definition) is 1. The largest absolute Gasteiger partial charge is 0.378 e. The first-order valence-corrected chi connectivity index (χ1v) is 7.43. The number of nitrogens with zero attached hydrogens (tertiary/aromatic N) is 2. The van der Waals surface area contributed by atoms with Crippen LogP contribution in [0.2, 0.25) is 0 Å². The van der Waals surface area contributed by atoms with Gasteiger partial charge >= 0.3 is 6.03 Å². The Balaban J connectivity index is 1.92. The van der Waals surface area contributed by atoms with Crippen LogP contribution in [0, 0.1) is 0 Å². The number of nitrogens with one attached hydrogen (secondary N) is 1. The number of rotatable bonds is 2. The number of morpholine rings is 1. The lowest BCUT2D eigenvalue weighted by atomic mass is 9.82. The normalized spacial score (nSPS) is 26.3. The minimum absolute atomic E-state index is 0.0833. The van der Waals surface area contributed by atoms with Gasteiger partial charge in [0.15, 0.2) is 0 Å². The Morgan fingerprint density at radius 3 is 2.20 bits per heavy atom. The van der Waals surface area contributed by atoms with Gasteiger partial charge in [0.25, 0.3) is 0 Å². The topological polar surface area (TPSA) is 54.0 Å². The van der Waals surface area contributed by atoms with Crippen molar-refractivity contribution in [1.82, 2.24) is 15.4 Å². The zero-order valence-corrected chi connectivity index (χ0v) is 13.1. The van der Waals surface area contributed by atoms with Gasteiger partial charge in [-0.15, -0.1) is 0 Å². The maximum atomic E-state index is 12.1. The molecule has 0 unspecified atom stereocenters. The molecule has 2 aliphatic heterocycles. The highest BCUT2D eigenvalue weighted by molar-refractivity contribution is 5.73. The number of hydroxylamine groups is 3. The van der Waals surface area contributed by atoms with E-state index in [1.807, 2.05) is 5.06 Å². The molecule has 0 aromatic rings. The Bertz CT molecular complexity index is 336. The van der Waals surface area contributed by atoms with Crippen LogP contribution in [0.5, 0.6) is 0 Å². The number of carbonyl (C=O) groups is 1. The number of piperidine rings is 1. The van der Waals surface area contributed by atoms with E-state index in [4.69, 9.17) is 9.68 Å². The second kappa shape index (κ2) is 5.87. The molecule has 2 amide bonds. The standard InChI is InChI=1S/C14H27N3O3/c1-13(2)6-5-7-14(3,4)17(13)20-15-12(18)16-8-10-19-11-9-16/h5-11H2,1-4H3,(H,15,18). The molecule has 0 saturated carbocycles. The molecule has 1 N–H and O–H groups in total. The Morgan fingerprint density at radius 1 is 1.10 bits per heavy atom. The van der Waals surface area contributed by atoms with Crippen molar-refractivity contribution in [1.29, 1.82) is 0 Å². The van der Waals surface area contributed by atoms with E-state index in [9.17, 15) is 4.79 Å². The zero-order valence-electron chi connectivity index (χ0n) is 13.1. The average Bonchev–Trinajstić information content (AvgIpc) is 2.37. The van der Waals surface area contributed by atoms with Crippen LogP contribution in [0.25, 0.3) is 0 Å². The van der Waals surface area contributed by atoms with Crippen LogP contribution in [-0.2, 0) is 9.68 Å². The van der Waals surface area contributed by atoms with Gasteiger partial charge in [0, 0.05) is 24.2 Å². The first kappa shape index (κ1) is 15.5. The summed E-state index contributed by atoms with van der Waals surface area (Å²) in [4.78, 5) is 19.5. The lowest BCUT2D eigenvalue weighted by Crippen LogP contribution is -2.61. The lowest BCUT2D eigenvalue weighted by molar-refractivity contribution is -0.305. The minimum Gasteiger partial charge on any atom is -0.378 e. The molecule has 116 valence electrons. The molecule has 0 spiro atoms. The summed E-state index contributed by atoms with van der Waals surface area (Å²) in [7, 11) is 0. The fourth-order valence-corrected chi connectivity index (χ4v) is 3.14. The third kappa shape index (κ3) is 3.42. The monoisotopic (exact) mass is 285 g/mol. The summed E-state index contributed by atoms with van der Waals surface area (Å²) in [5.74, 6) is 0. The van der Waals surface area contributed by atoms with E-state index in [1.165, 1.54) is 6.42 Å². The first-order valence-electron chi connectivity index (χ1n) is 7.43. The Kier molecular flexibility index (Phi) is 4.56. The van der Waals surface area contributed by atoms with Crippen LogP contribution in [0.15, 0.2) is 0 Å². The van der Waals surface area contributed by atoms with E-state index >= 15 is 0 Å². The predicted octanol–water partition coefficient (Wildman–Crippen LogP) is 1.92. The van der Waals surface area contributed by atoms with Crippen molar-refractivity contribution in [2.75, 3.05) is 26.3 Å². The van der Waals surface area contributed by atoms with Gasteiger partial charge < -0.3 is 9.64 Å². The molecule has 6 nitrogen and oxygen atoms in total. The summed E-state index contributed by atoms with van der Waals surface area (Å²) < 4.78 is 5.24. The maximum absolute atomic E-state index is 12.1. The molecule has 2 saturated heterocycles. The smallest absolute Gasteiger partial charge is 0.343 e. The fraction of sp³-hybridized carbons (Fsp3) is 0.929. The number of urea groups is 1. The third-order valence-electron chi connectivity index (χ3n) is 4.20. The number of carbonyl (C=O) groups excluding carboxylic acids is 1. The van der Waals surface area contributed by atoms with Gasteiger partial charge in [-0.1, -0.05) is 0 Å². The van der Waals surface area contributed by atoms with E-state index in [1.54, 1.807) is 4.90 Å². The Morgan fingerprint density at radius 2 is 1.65 bits per heavy atom. The highest BCUT2D eigenvalue weighted by atomic mass is 16.8. The summed E-state index contributed by atoms with van der Waals surface area (Å²) in [6, 6.07) is -0.189. The Hall–Kier alpha value is -0.850. The van der Waals surface area contributed by atoms with Crippen molar-refractivity contribution in [3.05, 3.63) is 0 Å². The van der Waals surface area contributed by atoms with Crippen LogP contribution < -0.4 is 5.48 Å². The summed E-state index contributed by atoms with van der Waals surface area (Å²) in [6.45, 7) is 11.0. The van der Waals surface area contributed by atoms with Gasteiger partial charge in [-0.25, -0.2) is 4.79 Å². The molecule has 0 aliphatic carbocycles.